The topological polar surface area (TPSA) is 55.8 Å². The predicted molar refractivity (Wildman–Crippen MR) is 91.1 cm³/mol. The van der Waals surface area contributed by atoms with Crippen LogP contribution in [0.1, 0.15) is 28.1 Å². The van der Waals surface area contributed by atoms with Gasteiger partial charge in [-0.1, -0.05) is 0 Å². The van der Waals surface area contributed by atoms with Crippen molar-refractivity contribution < 1.29 is 23.5 Å². The number of hydrogen-bond donors (Lipinski definition) is 0. The summed E-state index contributed by atoms with van der Waals surface area (Å²) in [5, 5.41) is 1.85. The third-order valence-electron chi connectivity index (χ3n) is 4.07. The quantitative estimate of drug-likeness (QED) is 0.766. The van der Waals surface area contributed by atoms with E-state index in [2.05, 4.69) is 0 Å². The molecule has 5 nitrogen and oxygen atoms in total. The minimum atomic E-state index is -0.501. The summed E-state index contributed by atoms with van der Waals surface area (Å²) in [6.45, 7) is 0.841. The van der Waals surface area contributed by atoms with Crippen molar-refractivity contribution in [3.05, 3.63) is 52.0 Å². The zero-order chi connectivity index (χ0) is 17.8. The van der Waals surface area contributed by atoms with Gasteiger partial charge >= 0.3 is 5.97 Å². The number of nitrogens with zero attached hydrogens (tertiary/aromatic N) is 1. The minimum Gasteiger partial charge on any atom is -0.489 e. The van der Waals surface area contributed by atoms with Gasteiger partial charge in [0, 0.05) is 12.1 Å². The van der Waals surface area contributed by atoms with Crippen molar-refractivity contribution in [3.63, 3.8) is 0 Å². The van der Waals surface area contributed by atoms with Gasteiger partial charge in [0.1, 0.15) is 24.2 Å². The van der Waals surface area contributed by atoms with Crippen LogP contribution in [-0.4, -0.2) is 36.5 Å². The van der Waals surface area contributed by atoms with Crippen molar-refractivity contribution in [1.82, 2.24) is 4.90 Å². The second kappa shape index (κ2) is 7.65. The molecule has 0 aliphatic carbocycles. The fraction of sp³-hybridized carbons (Fsp3) is 0.333. The van der Waals surface area contributed by atoms with Crippen LogP contribution in [0.5, 0.6) is 5.75 Å². The fourth-order valence-corrected chi connectivity index (χ4v) is 3.65. The Morgan fingerprint density at radius 1 is 1.32 bits per heavy atom. The molecule has 1 aromatic heterocycles. The Morgan fingerprint density at radius 2 is 2.08 bits per heavy atom. The van der Waals surface area contributed by atoms with Crippen LogP contribution in [0.15, 0.2) is 35.7 Å². The van der Waals surface area contributed by atoms with Crippen molar-refractivity contribution in [3.8, 4) is 5.75 Å². The van der Waals surface area contributed by atoms with Crippen molar-refractivity contribution in [2.24, 2.45) is 0 Å². The number of ether oxygens (including phenoxy) is 2. The van der Waals surface area contributed by atoms with E-state index in [1.165, 1.54) is 30.6 Å². The van der Waals surface area contributed by atoms with Crippen molar-refractivity contribution in [2.75, 3.05) is 13.7 Å². The molecule has 1 aromatic carbocycles. The number of halogens is 1. The maximum Gasteiger partial charge on any atom is 0.328 e. The third kappa shape index (κ3) is 3.99. The highest BCUT2D eigenvalue weighted by Crippen LogP contribution is 2.25. The van der Waals surface area contributed by atoms with E-state index in [4.69, 9.17) is 9.47 Å². The van der Waals surface area contributed by atoms with Gasteiger partial charge in [-0.2, -0.15) is 0 Å². The molecule has 7 heteroatoms. The molecule has 1 atom stereocenters. The third-order valence-corrected chi connectivity index (χ3v) is 5.04. The van der Waals surface area contributed by atoms with Crippen molar-refractivity contribution in [2.45, 2.75) is 25.5 Å². The lowest BCUT2D eigenvalue weighted by Gasteiger charge is -2.21. The van der Waals surface area contributed by atoms with Gasteiger partial charge in [0.2, 0.25) is 0 Å². The van der Waals surface area contributed by atoms with Crippen LogP contribution in [0.25, 0.3) is 0 Å². The molecule has 1 amide bonds. The Kier molecular flexibility index (Phi) is 5.33. The average molecular weight is 363 g/mol. The summed E-state index contributed by atoms with van der Waals surface area (Å²) in [5.74, 6) is -0.291. The first-order chi connectivity index (χ1) is 12.1. The van der Waals surface area contributed by atoms with Crippen molar-refractivity contribution >= 4 is 23.2 Å². The molecular weight excluding hydrogens is 345 g/mol. The summed E-state index contributed by atoms with van der Waals surface area (Å²) in [5.41, 5.74) is 0.853. The van der Waals surface area contributed by atoms with Crippen LogP contribution in [0, 0.1) is 5.82 Å². The van der Waals surface area contributed by atoms with E-state index in [0.29, 0.717) is 23.6 Å². The summed E-state index contributed by atoms with van der Waals surface area (Å²) >= 11 is 1.32. The number of amides is 1. The minimum absolute atomic E-state index is 0.161. The van der Waals surface area contributed by atoms with Crippen LogP contribution in [0.3, 0.4) is 0 Å². The first-order valence-corrected chi connectivity index (χ1v) is 8.81. The molecule has 2 heterocycles. The molecule has 132 valence electrons. The monoisotopic (exact) mass is 363 g/mol. The SMILES string of the molecule is COC(=O)C1CCCN1C(=O)c1cc(COc2ccc(F)cc2)cs1. The van der Waals surface area contributed by atoms with E-state index >= 15 is 0 Å². The van der Waals surface area contributed by atoms with Gasteiger partial charge in [0.05, 0.1) is 12.0 Å². The lowest BCUT2D eigenvalue weighted by atomic mass is 10.2. The van der Waals surface area contributed by atoms with Gasteiger partial charge in [0.25, 0.3) is 5.91 Å². The Balaban J connectivity index is 1.63. The standard InChI is InChI=1S/C18H18FNO4S/c1-23-18(22)15-3-2-8-20(15)17(21)16-9-12(11-25-16)10-24-14-6-4-13(19)5-7-14/h4-7,9,11,15H,2-3,8,10H2,1H3. The van der Waals surface area contributed by atoms with E-state index in [1.807, 2.05) is 5.38 Å². The van der Waals surface area contributed by atoms with Gasteiger partial charge in [-0.25, -0.2) is 9.18 Å². The van der Waals surface area contributed by atoms with E-state index in [9.17, 15) is 14.0 Å². The summed E-state index contributed by atoms with van der Waals surface area (Å²) < 4.78 is 23.2. The largest absolute Gasteiger partial charge is 0.489 e. The number of esters is 1. The maximum absolute atomic E-state index is 12.9. The molecule has 0 radical (unpaired) electrons. The lowest BCUT2D eigenvalue weighted by molar-refractivity contribution is -0.145. The molecule has 0 N–H and O–H groups in total. The Morgan fingerprint density at radius 3 is 2.80 bits per heavy atom. The molecule has 1 fully saturated rings. The molecule has 1 saturated heterocycles. The molecule has 0 spiro atoms. The molecule has 0 bridgehead atoms. The highest BCUT2D eigenvalue weighted by molar-refractivity contribution is 7.12. The van der Waals surface area contributed by atoms with Crippen molar-refractivity contribution in [1.29, 1.82) is 0 Å². The number of carbonyl (C=O) groups excluding carboxylic acids is 2. The second-order valence-corrected chi connectivity index (χ2v) is 6.65. The van der Waals surface area contributed by atoms with E-state index in [1.54, 1.807) is 23.1 Å². The highest BCUT2D eigenvalue weighted by Gasteiger charge is 2.35. The zero-order valence-corrected chi connectivity index (χ0v) is 14.6. The van der Waals surface area contributed by atoms with Gasteiger partial charge in [-0.15, -0.1) is 11.3 Å². The first-order valence-electron chi connectivity index (χ1n) is 7.93. The van der Waals surface area contributed by atoms with Crippen LogP contribution in [0.4, 0.5) is 4.39 Å². The average Bonchev–Trinajstić information content (AvgIpc) is 3.29. The van der Waals surface area contributed by atoms with Crippen LogP contribution in [0.2, 0.25) is 0 Å². The van der Waals surface area contributed by atoms with Gasteiger partial charge < -0.3 is 14.4 Å². The lowest BCUT2D eigenvalue weighted by Crippen LogP contribution is -2.40. The summed E-state index contributed by atoms with van der Waals surface area (Å²) in [4.78, 5) is 26.6. The molecule has 0 saturated carbocycles. The van der Waals surface area contributed by atoms with E-state index < -0.39 is 6.04 Å². The predicted octanol–water partition coefficient (Wildman–Crippen LogP) is 3.24. The molecule has 1 unspecified atom stereocenters. The zero-order valence-electron chi connectivity index (χ0n) is 13.7. The fourth-order valence-electron chi connectivity index (χ4n) is 2.79. The number of hydrogen-bond acceptors (Lipinski definition) is 5. The highest BCUT2D eigenvalue weighted by atomic mass is 32.1. The molecule has 1 aliphatic rings. The molecule has 3 rings (SSSR count). The van der Waals surface area contributed by atoms with Gasteiger partial charge in [0.15, 0.2) is 0 Å². The number of methoxy groups -OCH3 is 1. The van der Waals surface area contributed by atoms with Gasteiger partial charge in [-0.05, 0) is 48.6 Å². The maximum atomic E-state index is 12.9. The second-order valence-electron chi connectivity index (χ2n) is 5.74. The molecule has 1 aliphatic heterocycles. The Labute approximate surface area is 149 Å². The number of benzene rings is 1. The molecular formula is C18H18FNO4S. The smallest absolute Gasteiger partial charge is 0.328 e. The number of carbonyl (C=O) groups is 2. The van der Waals surface area contributed by atoms with E-state index in [-0.39, 0.29) is 24.3 Å². The summed E-state index contributed by atoms with van der Waals surface area (Å²) in [6.07, 6.45) is 1.42. The van der Waals surface area contributed by atoms with Gasteiger partial charge in [-0.3, -0.25) is 4.79 Å². The van der Waals surface area contributed by atoms with E-state index in [0.717, 1.165) is 12.0 Å². The number of likely N-dealkylation sites (tertiary alicyclic amines) is 1. The van der Waals surface area contributed by atoms with Crippen LogP contribution < -0.4 is 4.74 Å². The normalized spacial score (nSPS) is 16.7. The number of rotatable bonds is 5. The Bertz CT molecular complexity index is 759. The number of thiophene rings is 1. The van der Waals surface area contributed by atoms with Crippen LogP contribution >= 0.6 is 11.3 Å². The summed E-state index contributed by atoms with van der Waals surface area (Å²) in [7, 11) is 1.33. The summed E-state index contributed by atoms with van der Waals surface area (Å²) in [6, 6.07) is 7.04. The Hall–Kier alpha value is -2.41. The first kappa shape index (κ1) is 17.4. The van der Waals surface area contributed by atoms with Crippen LogP contribution in [-0.2, 0) is 16.1 Å². The molecule has 2 aromatic rings. The molecule has 25 heavy (non-hydrogen) atoms.